The van der Waals surface area contributed by atoms with E-state index in [1.165, 1.54) is 35.3 Å². The van der Waals surface area contributed by atoms with Crippen LogP contribution < -0.4 is 0 Å². The van der Waals surface area contributed by atoms with Crippen LogP contribution in [0.3, 0.4) is 0 Å². The smallest absolute Gasteiger partial charge is 0.161 e. The Hall–Kier alpha value is -1.20. The first-order chi connectivity index (χ1) is 12.2. The molecule has 0 fully saturated rings. The van der Waals surface area contributed by atoms with Crippen molar-refractivity contribution in [3.63, 3.8) is 0 Å². The highest BCUT2D eigenvalue weighted by molar-refractivity contribution is 7.92. The van der Waals surface area contributed by atoms with Gasteiger partial charge in [-0.2, -0.15) is 0 Å². The Balaban J connectivity index is 1.97. The Kier molecular flexibility index (Phi) is 4.88. The van der Waals surface area contributed by atoms with Crippen molar-refractivity contribution in [1.29, 1.82) is 0 Å². The topological polar surface area (TPSA) is 47.0 Å². The SMILES string of the molecule is CC1(C)CCC(C)(C)c2cc(-c3csc(CS(=O)(=O)C(C)(C)C)n3)ccc21. The van der Waals surface area contributed by atoms with E-state index in [1.807, 2.05) is 5.38 Å². The second-order valence-corrected chi connectivity index (χ2v) is 13.7. The fourth-order valence-corrected chi connectivity index (χ4v) is 5.78. The van der Waals surface area contributed by atoms with Crippen LogP contribution in [0.1, 0.15) is 77.4 Å². The second kappa shape index (κ2) is 6.41. The first-order valence-corrected chi connectivity index (χ1v) is 12.1. The van der Waals surface area contributed by atoms with Crippen molar-refractivity contribution in [2.75, 3.05) is 0 Å². The molecule has 0 saturated carbocycles. The number of nitrogens with zero attached hydrogens (tertiary/aromatic N) is 1. The highest BCUT2D eigenvalue weighted by Crippen LogP contribution is 2.46. The van der Waals surface area contributed by atoms with Gasteiger partial charge in [0.15, 0.2) is 9.84 Å². The van der Waals surface area contributed by atoms with Gasteiger partial charge < -0.3 is 0 Å². The van der Waals surface area contributed by atoms with Crippen molar-refractivity contribution in [2.24, 2.45) is 0 Å². The average molecular weight is 406 g/mol. The zero-order valence-electron chi connectivity index (χ0n) is 17.5. The molecule has 0 amide bonds. The second-order valence-electron chi connectivity index (χ2n) is 10.0. The van der Waals surface area contributed by atoms with Crippen molar-refractivity contribution >= 4 is 21.2 Å². The van der Waals surface area contributed by atoms with E-state index in [2.05, 4.69) is 50.9 Å². The van der Waals surface area contributed by atoms with Crippen LogP contribution in [0.15, 0.2) is 23.6 Å². The molecule has 0 unspecified atom stereocenters. The van der Waals surface area contributed by atoms with E-state index in [-0.39, 0.29) is 16.6 Å². The van der Waals surface area contributed by atoms with Crippen molar-refractivity contribution in [1.82, 2.24) is 4.98 Å². The third kappa shape index (κ3) is 3.86. The van der Waals surface area contributed by atoms with Crippen molar-refractivity contribution in [3.8, 4) is 11.3 Å². The van der Waals surface area contributed by atoms with E-state index in [4.69, 9.17) is 0 Å². The normalized spacial score (nSPS) is 18.9. The first-order valence-electron chi connectivity index (χ1n) is 9.55. The summed E-state index contributed by atoms with van der Waals surface area (Å²) in [6, 6.07) is 6.66. The lowest BCUT2D eigenvalue weighted by Gasteiger charge is -2.42. The lowest BCUT2D eigenvalue weighted by molar-refractivity contribution is 0.332. The summed E-state index contributed by atoms with van der Waals surface area (Å²) in [5.74, 6) is 0.00459. The summed E-state index contributed by atoms with van der Waals surface area (Å²) < 4.78 is 24.2. The zero-order valence-corrected chi connectivity index (χ0v) is 19.1. The summed E-state index contributed by atoms with van der Waals surface area (Å²) in [6.07, 6.45) is 2.36. The van der Waals surface area contributed by atoms with Crippen molar-refractivity contribution in [3.05, 3.63) is 39.7 Å². The molecule has 1 aromatic carbocycles. The number of hydrogen-bond acceptors (Lipinski definition) is 4. The highest BCUT2D eigenvalue weighted by Gasteiger charge is 2.37. The maximum absolute atomic E-state index is 12.5. The molecule has 0 atom stereocenters. The van der Waals surface area contributed by atoms with Gasteiger partial charge in [-0.15, -0.1) is 11.3 Å². The minimum absolute atomic E-state index is 0.00459. The van der Waals surface area contributed by atoms with Gasteiger partial charge in [0.25, 0.3) is 0 Å². The average Bonchev–Trinajstić information content (AvgIpc) is 2.98. The molecule has 1 heterocycles. The van der Waals surface area contributed by atoms with E-state index >= 15 is 0 Å². The first kappa shape index (κ1) is 20.5. The molecular weight excluding hydrogens is 374 g/mol. The molecule has 0 saturated heterocycles. The number of aromatic nitrogens is 1. The van der Waals surface area contributed by atoms with Crippen LogP contribution in [-0.2, 0) is 26.4 Å². The Bertz CT molecular complexity index is 960. The molecule has 2 aromatic rings. The predicted molar refractivity (Wildman–Crippen MR) is 115 cm³/mol. The van der Waals surface area contributed by atoms with Gasteiger partial charge in [-0.05, 0) is 61.6 Å². The van der Waals surface area contributed by atoms with Crippen LogP contribution >= 0.6 is 11.3 Å². The number of benzene rings is 1. The fraction of sp³-hybridized carbons (Fsp3) is 0.591. The van der Waals surface area contributed by atoms with Gasteiger partial charge in [0, 0.05) is 10.9 Å². The number of rotatable bonds is 3. The molecule has 0 aliphatic heterocycles. The summed E-state index contributed by atoms with van der Waals surface area (Å²) >= 11 is 1.43. The molecule has 1 aliphatic carbocycles. The molecule has 1 aromatic heterocycles. The maximum Gasteiger partial charge on any atom is 0.161 e. The quantitative estimate of drug-likeness (QED) is 0.641. The van der Waals surface area contributed by atoms with Crippen LogP contribution in [-0.4, -0.2) is 18.1 Å². The van der Waals surface area contributed by atoms with Crippen molar-refractivity contribution < 1.29 is 8.42 Å². The van der Waals surface area contributed by atoms with Crippen LogP contribution in [0.2, 0.25) is 0 Å². The summed E-state index contributed by atoms with van der Waals surface area (Å²) in [7, 11) is -3.22. The summed E-state index contributed by atoms with van der Waals surface area (Å²) in [6.45, 7) is 14.5. The Morgan fingerprint density at radius 3 is 2.22 bits per heavy atom. The van der Waals surface area contributed by atoms with Gasteiger partial charge >= 0.3 is 0 Å². The maximum atomic E-state index is 12.5. The van der Waals surface area contributed by atoms with Gasteiger partial charge in [0.1, 0.15) is 10.8 Å². The van der Waals surface area contributed by atoms with E-state index in [9.17, 15) is 8.42 Å². The number of thiazole rings is 1. The monoisotopic (exact) mass is 405 g/mol. The molecular formula is C22H31NO2S2. The minimum atomic E-state index is -3.22. The summed E-state index contributed by atoms with van der Waals surface area (Å²) in [5.41, 5.74) is 5.12. The van der Waals surface area contributed by atoms with Gasteiger partial charge in [-0.3, -0.25) is 0 Å². The standard InChI is InChI=1S/C22H31NO2S2/c1-20(2,3)27(24,25)14-19-23-18(13-26-19)15-8-9-16-17(12-15)22(6,7)11-10-21(16,4)5/h8-9,12-13H,10-11,14H2,1-7H3. The molecule has 0 bridgehead atoms. The Morgan fingerprint density at radius 2 is 1.63 bits per heavy atom. The largest absolute Gasteiger partial charge is 0.240 e. The van der Waals surface area contributed by atoms with Crippen molar-refractivity contribution in [2.45, 2.75) is 82.6 Å². The third-order valence-corrected chi connectivity index (χ3v) is 9.50. The summed E-state index contributed by atoms with van der Waals surface area (Å²) in [4.78, 5) is 4.65. The van der Waals surface area contributed by atoms with Crippen LogP contribution in [0.4, 0.5) is 0 Å². The molecule has 3 nitrogen and oxygen atoms in total. The molecule has 3 rings (SSSR count). The molecule has 1 aliphatic rings. The molecule has 0 N–H and O–H groups in total. The molecule has 148 valence electrons. The summed E-state index contributed by atoms with van der Waals surface area (Å²) in [5, 5.41) is 2.65. The highest BCUT2D eigenvalue weighted by atomic mass is 32.2. The third-order valence-electron chi connectivity index (χ3n) is 5.95. The molecule has 0 spiro atoms. The van der Waals surface area contributed by atoms with Crippen LogP contribution in [0.25, 0.3) is 11.3 Å². The van der Waals surface area contributed by atoms with E-state index in [1.54, 1.807) is 20.8 Å². The number of sulfone groups is 1. The Morgan fingerprint density at radius 1 is 1.04 bits per heavy atom. The van der Waals surface area contributed by atoms with Gasteiger partial charge in [-0.25, -0.2) is 13.4 Å². The van der Waals surface area contributed by atoms with E-state index in [0.717, 1.165) is 11.3 Å². The van der Waals surface area contributed by atoms with Gasteiger partial charge in [0.05, 0.1) is 10.4 Å². The molecule has 27 heavy (non-hydrogen) atoms. The fourth-order valence-electron chi connectivity index (χ4n) is 3.64. The Labute approximate surface area is 168 Å². The lowest BCUT2D eigenvalue weighted by Crippen LogP contribution is -2.33. The lowest BCUT2D eigenvalue weighted by atomic mass is 9.63. The predicted octanol–water partition coefficient (Wildman–Crippen LogP) is 5.87. The van der Waals surface area contributed by atoms with Crippen LogP contribution in [0.5, 0.6) is 0 Å². The molecule has 5 heteroatoms. The number of hydrogen-bond donors (Lipinski definition) is 0. The molecule has 0 radical (unpaired) electrons. The van der Waals surface area contributed by atoms with E-state index < -0.39 is 14.6 Å². The van der Waals surface area contributed by atoms with Crippen LogP contribution in [0, 0.1) is 0 Å². The minimum Gasteiger partial charge on any atom is -0.240 e. The number of fused-ring (bicyclic) bond motifs is 1. The van der Waals surface area contributed by atoms with Gasteiger partial charge in [0.2, 0.25) is 0 Å². The zero-order chi connectivity index (χ0) is 20.3. The van der Waals surface area contributed by atoms with Gasteiger partial charge in [-0.1, -0.05) is 39.8 Å². The van der Waals surface area contributed by atoms with E-state index in [0.29, 0.717) is 5.01 Å².